The fourth-order valence-corrected chi connectivity index (χ4v) is 1.38. The topological polar surface area (TPSA) is 48.1 Å². The molecule has 1 heterocycles. The van der Waals surface area contributed by atoms with Gasteiger partial charge >= 0.3 is 0 Å². The van der Waals surface area contributed by atoms with E-state index in [2.05, 4.69) is 4.98 Å². The van der Waals surface area contributed by atoms with E-state index in [-0.39, 0.29) is 5.75 Å². The second kappa shape index (κ2) is 4.93. The van der Waals surface area contributed by atoms with E-state index in [0.717, 1.165) is 11.1 Å². The predicted octanol–water partition coefficient (Wildman–Crippen LogP) is 2.78. The maximum Gasteiger partial charge on any atom is 0.219 e. The van der Waals surface area contributed by atoms with Gasteiger partial charge in [-0.25, -0.2) is 9.37 Å². The third kappa shape index (κ3) is 2.79. The highest BCUT2D eigenvalue weighted by Gasteiger charge is 2.06. The Morgan fingerprint density at radius 2 is 2.12 bits per heavy atom. The monoisotopic (exact) mass is 232 g/mol. The van der Waals surface area contributed by atoms with E-state index in [4.69, 9.17) is 10.5 Å². The molecule has 2 N–H and O–H groups in total. The zero-order valence-corrected chi connectivity index (χ0v) is 9.48. The molecule has 3 nitrogen and oxygen atoms in total. The lowest BCUT2D eigenvalue weighted by Gasteiger charge is -2.06. The van der Waals surface area contributed by atoms with Crippen LogP contribution in [0.25, 0.3) is 0 Å². The van der Waals surface area contributed by atoms with Crippen molar-refractivity contribution in [3.05, 3.63) is 53.5 Å². The Kier molecular flexibility index (Phi) is 3.35. The number of halogens is 1. The van der Waals surface area contributed by atoms with Gasteiger partial charge in [0.1, 0.15) is 0 Å². The van der Waals surface area contributed by atoms with Gasteiger partial charge in [-0.3, -0.25) is 0 Å². The Morgan fingerprint density at radius 1 is 1.29 bits per heavy atom. The van der Waals surface area contributed by atoms with Crippen LogP contribution in [0.2, 0.25) is 0 Å². The van der Waals surface area contributed by atoms with Crippen LogP contribution in [0.1, 0.15) is 11.1 Å². The molecule has 0 aliphatic heterocycles. The summed E-state index contributed by atoms with van der Waals surface area (Å²) in [5, 5.41) is 0. The number of ether oxygens (including phenoxy) is 1. The Bertz CT molecular complexity index is 511. The first-order chi connectivity index (χ1) is 8.19. The molecule has 0 amide bonds. The maximum absolute atomic E-state index is 13.6. The van der Waals surface area contributed by atoms with Crippen LogP contribution in [0.3, 0.4) is 0 Å². The van der Waals surface area contributed by atoms with Crippen molar-refractivity contribution in [1.29, 1.82) is 0 Å². The Balaban J connectivity index is 2.21. The van der Waals surface area contributed by atoms with Crippen molar-refractivity contribution in [2.45, 2.75) is 13.5 Å². The molecule has 0 fully saturated rings. The first kappa shape index (κ1) is 11.5. The number of hydrogen-bond donors (Lipinski definition) is 1. The largest absolute Gasteiger partial charge is 0.436 e. The van der Waals surface area contributed by atoms with Crippen LogP contribution < -0.4 is 10.5 Å². The molecule has 0 saturated heterocycles. The van der Waals surface area contributed by atoms with E-state index in [1.54, 1.807) is 24.4 Å². The second-order valence-electron chi connectivity index (χ2n) is 3.74. The van der Waals surface area contributed by atoms with Crippen molar-refractivity contribution in [2.24, 2.45) is 5.73 Å². The van der Waals surface area contributed by atoms with E-state index in [0.29, 0.717) is 12.4 Å². The van der Waals surface area contributed by atoms with Gasteiger partial charge in [-0.2, -0.15) is 0 Å². The standard InChI is InChI=1S/C13H13FN2O/c1-9-2-5-13(16-8-9)17-12-4-3-10(7-15)6-11(12)14/h2-6,8H,7,15H2,1H3. The minimum absolute atomic E-state index is 0.151. The average Bonchev–Trinajstić information content (AvgIpc) is 2.34. The number of pyridine rings is 1. The summed E-state index contributed by atoms with van der Waals surface area (Å²) in [5.41, 5.74) is 7.17. The van der Waals surface area contributed by atoms with Gasteiger partial charge in [0.15, 0.2) is 11.6 Å². The molecule has 0 aliphatic carbocycles. The summed E-state index contributed by atoms with van der Waals surface area (Å²) >= 11 is 0. The second-order valence-corrected chi connectivity index (χ2v) is 3.74. The average molecular weight is 232 g/mol. The number of hydrogen-bond acceptors (Lipinski definition) is 3. The molecule has 0 spiro atoms. The van der Waals surface area contributed by atoms with Crippen molar-refractivity contribution in [3.8, 4) is 11.6 Å². The van der Waals surface area contributed by atoms with Crippen molar-refractivity contribution < 1.29 is 9.13 Å². The molecule has 0 aliphatic rings. The fourth-order valence-electron chi connectivity index (χ4n) is 1.38. The summed E-state index contributed by atoms with van der Waals surface area (Å²) in [6.45, 7) is 2.23. The normalized spacial score (nSPS) is 10.3. The number of aryl methyl sites for hydroxylation is 1. The molecule has 0 bridgehead atoms. The highest BCUT2D eigenvalue weighted by Crippen LogP contribution is 2.23. The van der Waals surface area contributed by atoms with Crippen molar-refractivity contribution in [3.63, 3.8) is 0 Å². The summed E-state index contributed by atoms with van der Waals surface area (Å²) in [6.07, 6.45) is 1.67. The quantitative estimate of drug-likeness (QED) is 0.885. The summed E-state index contributed by atoms with van der Waals surface area (Å²) in [4.78, 5) is 4.04. The van der Waals surface area contributed by atoms with Gasteiger partial charge in [0.05, 0.1) is 0 Å². The molecule has 1 aromatic carbocycles. The van der Waals surface area contributed by atoms with Gasteiger partial charge in [-0.1, -0.05) is 12.1 Å². The van der Waals surface area contributed by atoms with E-state index >= 15 is 0 Å². The van der Waals surface area contributed by atoms with Crippen LogP contribution in [0, 0.1) is 12.7 Å². The minimum Gasteiger partial charge on any atom is -0.436 e. The molecule has 4 heteroatoms. The molecule has 2 aromatic rings. The lowest BCUT2D eigenvalue weighted by molar-refractivity contribution is 0.427. The molecule has 0 radical (unpaired) electrons. The van der Waals surface area contributed by atoms with Crippen LogP contribution >= 0.6 is 0 Å². The first-order valence-electron chi connectivity index (χ1n) is 5.28. The van der Waals surface area contributed by atoms with Crippen molar-refractivity contribution in [2.75, 3.05) is 0 Å². The number of nitrogens with two attached hydrogens (primary N) is 1. The highest BCUT2D eigenvalue weighted by molar-refractivity contribution is 5.32. The SMILES string of the molecule is Cc1ccc(Oc2ccc(CN)cc2F)nc1. The van der Waals surface area contributed by atoms with E-state index < -0.39 is 5.82 Å². The van der Waals surface area contributed by atoms with Crippen LogP contribution in [-0.4, -0.2) is 4.98 Å². The molecule has 0 atom stereocenters. The fraction of sp³-hybridized carbons (Fsp3) is 0.154. The Morgan fingerprint density at radius 3 is 2.71 bits per heavy atom. The predicted molar refractivity (Wildman–Crippen MR) is 63.3 cm³/mol. The molecule has 0 saturated carbocycles. The van der Waals surface area contributed by atoms with Crippen LogP contribution in [-0.2, 0) is 6.54 Å². The van der Waals surface area contributed by atoms with Crippen LogP contribution in [0.4, 0.5) is 4.39 Å². The smallest absolute Gasteiger partial charge is 0.219 e. The first-order valence-corrected chi connectivity index (χ1v) is 5.28. The number of benzene rings is 1. The Hall–Kier alpha value is -1.94. The van der Waals surface area contributed by atoms with Gasteiger partial charge in [-0.05, 0) is 30.2 Å². The zero-order valence-electron chi connectivity index (χ0n) is 9.48. The summed E-state index contributed by atoms with van der Waals surface area (Å²) < 4.78 is 18.9. The number of aromatic nitrogens is 1. The lowest BCUT2D eigenvalue weighted by atomic mass is 10.2. The molecule has 17 heavy (non-hydrogen) atoms. The van der Waals surface area contributed by atoms with Gasteiger partial charge in [0.2, 0.25) is 5.88 Å². The molecule has 1 aromatic heterocycles. The van der Waals surface area contributed by atoms with Gasteiger partial charge < -0.3 is 10.5 Å². The maximum atomic E-state index is 13.6. The van der Waals surface area contributed by atoms with Gasteiger partial charge in [-0.15, -0.1) is 0 Å². The molecule has 88 valence electrons. The Labute approximate surface area is 99.1 Å². The van der Waals surface area contributed by atoms with E-state index in [9.17, 15) is 4.39 Å². The number of nitrogens with zero attached hydrogens (tertiary/aromatic N) is 1. The van der Waals surface area contributed by atoms with E-state index in [1.807, 2.05) is 13.0 Å². The number of rotatable bonds is 3. The molecular formula is C13H13FN2O. The highest BCUT2D eigenvalue weighted by atomic mass is 19.1. The van der Waals surface area contributed by atoms with Gasteiger partial charge in [0, 0.05) is 18.8 Å². The molecule has 0 unspecified atom stereocenters. The van der Waals surface area contributed by atoms with Crippen molar-refractivity contribution in [1.82, 2.24) is 4.98 Å². The van der Waals surface area contributed by atoms with Crippen LogP contribution in [0.5, 0.6) is 11.6 Å². The summed E-state index contributed by atoms with van der Waals surface area (Å²) in [5.74, 6) is 0.0869. The third-order valence-corrected chi connectivity index (χ3v) is 2.33. The third-order valence-electron chi connectivity index (χ3n) is 2.33. The lowest BCUT2D eigenvalue weighted by Crippen LogP contribution is -1.98. The van der Waals surface area contributed by atoms with Gasteiger partial charge in [0.25, 0.3) is 0 Å². The summed E-state index contributed by atoms with van der Waals surface area (Å²) in [7, 11) is 0. The minimum atomic E-state index is -0.435. The molecular weight excluding hydrogens is 219 g/mol. The van der Waals surface area contributed by atoms with Crippen LogP contribution in [0.15, 0.2) is 36.5 Å². The molecule has 2 rings (SSSR count). The van der Waals surface area contributed by atoms with E-state index in [1.165, 1.54) is 6.07 Å². The van der Waals surface area contributed by atoms with Crippen molar-refractivity contribution >= 4 is 0 Å². The zero-order chi connectivity index (χ0) is 12.3. The summed E-state index contributed by atoms with van der Waals surface area (Å²) in [6, 6.07) is 8.20.